The van der Waals surface area contributed by atoms with Gasteiger partial charge in [-0.25, -0.2) is 9.78 Å². The third kappa shape index (κ3) is 4.88. The van der Waals surface area contributed by atoms with Crippen LogP contribution in [0.4, 0.5) is 10.6 Å². The number of anilines is 1. The summed E-state index contributed by atoms with van der Waals surface area (Å²) in [4.78, 5) is 24.9. The summed E-state index contributed by atoms with van der Waals surface area (Å²) in [7, 11) is 0. The summed E-state index contributed by atoms with van der Waals surface area (Å²) >= 11 is 0. The number of carbonyl (C=O) groups excluding carboxylic acids is 1. The third-order valence-corrected chi connectivity index (χ3v) is 7.75. The van der Waals surface area contributed by atoms with Crippen LogP contribution in [0.1, 0.15) is 35.6 Å². The van der Waals surface area contributed by atoms with Gasteiger partial charge in [0.1, 0.15) is 5.82 Å². The highest BCUT2D eigenvalue weighted by Crippen LogP contribution is 2.30. The SMILES string of the molecule is CCOC(=O)N1CCN(c2nc3cc4c(cc3cc2CNCCc2c[nH]c3ccccc23)CCC4)CC1. The monoisotopic (exact) mass is 497 g/mol. The molecule has 7 heteroatoms. The van der Waals surface area contributed by atoms with Gasteiger partial charge in [0.25, 0.3) is 0 Å². The van der Waals surface area contributed by atoms with Crippen molar-refractivity contribution in [3.8, 4) is 0 Å². The second-order valence-corrected chi connectivity index (χ2v) is 10.1. The molecule has 2 aliphatic rings. The summed E-state index contributed by atoms with van der Waals surface area (Å²) in [6.07, 6.45) is 6.42. The molecule has 0 saturated carbocycles. The number of carbonyl (C=O) groups is 1. The second kappa shape index (κ2) is 10.4. The van der Waals surface area contributed by atoms with Gasteiger partial charge in [-0.05, 0) is 80.1 Å². The maximum Gasteiger partial charge on any atom is 0.409 e. The zero-order valence-corrected chi connectivity index (χ0v) is 21.6. The van der Waals surface area contributed by atoms with Crippen LogP contribution in [0.15, 0.2) is 48.7 Å². The van der Waals surface area contributed by atoms with E-state index >= 15 is 0 Å². The van der Waals surface area contributed by atoms with Crippen LogP contribution in [-0.4, -0.2) is 60.3 Å². The van der Waals surface area contributed by atoms with Gasteiger partial charge in [0, 0.05) is 60.8 Å². The molecule has 0 spiro atoms. The summed E-state index contributed by atoms with van der Waals surface area (Å²) in [5.74, 6) is 1.04. The van der Waals surface area contributed by atoms with Crippen molar-refractivity contribution < 1.29 is 9.53 Å². The Hall–Kier alpha value is -3.58. The van der Waals surface area contributed by atoms with E-state index in [0.29, 0.717) is 19.7 Å². The van der Waals surface area contributed by atoms with E-state index in [0.717, 1.165) is 50.4 Å². The number of ether oxygens (including phenoxy) is 1. The van der Waals surface area contributed by atoms with Gasteiger partial charge >= 0.3 is 6.09 Å². The van der Waals surface area contributed by atoms with Crippen LogP contribution in [-0.2, 0) is 30.5 Å². The van der Waals surface area contributed by atoms with Crippen LogP contribution < -0.4 is 10.2 Å². The number of nitrogens with zero attached hydrogens (tertiary/aromatic N) is 3. The Morgan fingerprint density at radius 2 is 1.86 bits per heavy atom. The molecule has 0 unspecified atom stereocenters. The minimum absolute atomic E-state index is 0.219. The van der Waals surface area contributed by atoms with Crippen molar-refractivity contribution in [2.45, 2.75) is 39.2 Å². The topological polar surface area (TPSA) is 73.5 Å². The Bertz CT molecular complexity index is 1420. The van der Waals surface area contributed by atoms with E-state index in [1.165, 1.54) is 51.4 Å². The maximum atomic E-state index is 12.2. The molecule has 3 heterocycles. The summed E-state index contributed by atoms with van der Waals surface area (Å²) in [5.41, 5.74) is 7.74. The van der Waals surface area contributed by atoms with E-state index in [4.69, 9.17) is 9.72 Å². The van der Waals surface area contributed by atoms with Gasteiger partial charge in [-0.1, -0.05) is 18.2 Å². The second-order valence-electron chi connectivity index (χ2n) is 10.1. The number of para-hydroxylation sites is 1. The Balaban J connectivity index is 1.21. The Kier molecular flexibility index (Phi) is 6.70. The molecule has 0 bridgehead atoms. The fourth-order valence-corrected chi connectivity index (χ4v) is 5.78. The molecule has 2 aromatic heterocycles. The minimum Gasteiger partial charge on any atom is -0.450 e. The predicted molar refractivity (Wildman–Crippen MR) is 148 cm³/mol. The fourth-order valence-electron chi connectivity index (χ4n) is 5.78. The zero-order valence-electron chi connectivity index (χ0n) is 21.6. The predicted octanol–water partition coefficient (Wildman–Crippen LogP) is 4.82. The first-order chi connectivity index (χ1) is 18.2. The van der Waals surface area contributed by atoms with E-state index in [9.17, 15) is 4.79 Å². The molecule has 1 fully saturated rings. The summed E-state index contributed by atoms with van der Waals surface area (Å²) in [6.45, 7) is 6.71. The number of amides is 1. The van der Waals surface area contributed by atoms with Gasteiger partial charge in [0.05, 0.1) is 12.1 Å². The van der Waals surface area contributed by atoms with Crippen molar-refractivity contribution in [3.05, 3.63) is 70.9 Å². The highest BCUT2D eigenvalue weighted by Gasteiger charge is 2.25. The van der Waals surface area contributed by atoms with Gasteiger partial charge in [-0.3, -0.25) is 0 Å². The van der Waals surface area contributed by atoms with Gasteiger partial charge in [-0.2, -0.15) is 0 Å². The van der Waals surface area contributed by atoms with Crippen LogP contribution in [0.2, 0.25) is 0 Å². The fraction of sp³-hybridized carbons (Fsp3) is 0.400. The number of hydrogen-bond donors (Lipinski definition) is 2. The standard InChI is InChI=1S/C30H35N5O2/c1-2-37-30(36)35-14-12-34(13-15-35)29-25(17-24-16-21-6-5-7-22(21)18-28(24)33-29)19-31-11-10-23-20-32-27-9-4-3-8-26(23)27/h3-4,8-9,16-18,20,31-32H,2,5-7,10-15,19H2,1H3. The van der Waals surface area contributed by atoms with E-state index < -0.39 is 0 Å². The number of aromatic nitrogens is 2. The number of hydrogen-bond acceptors (Lipinski definition) is 5. The third-order valence-electron chi connectivity index (χ3n) is 7.75. The van der Waals surface area contributed by atoms with Crippen molar-refractivity contribution in [3.63, 3.8) is 0 Å². The largest absolute Gasteiger partial charge is 0.450 e. The highest BCUT2D eigenvalue weighted by atomic mass is 16.6. The molecule has 0 atom stereocenters. The van der Waals surface area contributed by atoms with E-state index in [2.05, 4.69) is 63.9 Å². The lowest BCUT2D eigenvalue weighted by molar-refractivity contribution is 0.105. The molecule has 37 heavy (non-hydrogen) atoms. The number of pyridine rings is 1. The first kappa shape index (κ1) is 23.8. The molecular formula is C30H35N5O2. The zero-order chi connectivity index (χ0) is 25.2. The molecule has 2 N–H and O–H groups in total. The Morgan fingerprint density at radius 3 is 2.70 bits per heavy atom. The summed E-state index contributed by atoms with van der Waals surface area (Å²) in [6, 6.07) is 15.4. The molecule has 1 saturated heterocycles. The van der Waals surface area contributed by atoms with Crippen molar-refractivity contribution in [1.82, 2.24) is 20.2 Å². The normalized spacial score (nSPS) is 15.5. The number of aryl methyl sites for hydroxylation is 2. The first-order valence-electron chi connectivity index (χ1n) is 13.6. The smallest absolute Gasteiger partial charge is 0.409 e. The van der Waals surface area contributed by atoms with Crippen LogP contribution in [0.25, 0.3) is 21.8 Å². The molecule has 7 nitrogen and oxygen atoms in total. The minimum atomic E-state index is -0.219. The lowest BCUT2D eigenvalue weighted by Crippen LogP contribution is -2.49. The van der Waals surface area contributed by atoms with Crippen molar-refractivity contribution >= 4 is 33.7 Å². The van der Waals surface area contributed by atoms with Crippen LogP contribution >= 0.6 is 0 Å². The number of fused-ring (bicyclic) bond motifs is 3. The highest BCUT2D eigenvalue weighted by molar-refractivity contribution is 5.84. The number of benzene rings is 2. The number of piperazine rings is 1. The average Bonchev–Trinajstić information content (AvgIpc) is 3.56. The van der Waals surface area contributed by atoms with Gasteiger partial charge < -0.3 is 24.8 Å². The molecule has 4 aromatic rings. The van der Waals surface area contributed by atoms with Crippen molar-refractivity contribution in [2.24, 2.45) is 0 Å². The lowest BCUT2D eigenvalue weighted by atomic mass is 10.0. The van der Waals surface area contributed by atoms with E-state index in [1.54, 1.807) is 4.90 Å². The van der Waals surface area contributed by atoms with Crippen molar-refractivity contribution in [2.75, 3.05) is 44.2 Å². The van der Waals surface area contributed by atoms with Gasteiger partial charge in [0.15, 0.2) is 0 Å². The summed E-state index contributed by atoms with van der Waals surface area (Å²) in [5, 5.41) is 6.20. The Morgan fingerprint density at radius 1 is 1.05 bits per heavy atom. The number of nitrogens with one attached hydrogen (secondary N) is 2. The molecule has 1 amide bonds. The van der Waals surface area contributed by atoms with E-state index in [-0.39, 0.29) is 6.09 Å². The summed E-state index contributed by atoms with van der Waals surface area (Å²) < 4.78 is 5.21. The Labute approximate surface area is 217 Å². The average molecular weight is 498 g/mol. The van der Waals surface area contributed by atoms with Gasteiger partial charge in [0.2, 0.25) is 0 Å². The molecule has 1 aliphatic carbocycles. The quantitative estimate of drug-likeness (QED) is 0.358. The number of H-pyrrole nitrogens is 1. The van der Waals surface area contributed by atoms with Crippen LogP contribution in [0.5, 0.6) is 0 Å². The number of aromatic amines is 1. The molecular weight excluding hydrogens is 462 g/mol. The molecule has 192 valence electrons. The van der Waals surface area contributed by atoms with Crippen LogP contribution in [0, 0.1) is 0 Å². The van der Waals surface area contributed by atoms with E-state index in [1.807, 2.05) is 6.92 Å². The first-order valence-corrected chi connectivity index (χ1v) is 13.6. The number of rotatable bonds is 7. The van der Waals surface area contributed by atoms with Gasteiger partial charge in [-0.15, -0.1) is 0 Å². The lowest BCUT2D eigenvalue weighted by Gasteiger charge is -2.35. The maximum absolute atomic E-state index is 12.2. The van der Waals surface area contributed by atoms with Crippen molar-refractivity contribution in [1.29, 1.82) is 0 Å². The van der Waals surface area contributed by atoms with Crippen LogP contribution in [0.3, 0.4) is 0 Å². The molecule has 2 aromatic carbocycles. The molecule has 1 aliphatic heterocycles. The molecule has 6 rings (SSSR count). The molecule has 0 radical (unpaired) electrons.